The van der Waals surface area contributed by atoms with E-state index in [2.05, 4.69) is 10.3 Å². The fraction of sp³-hybridized carbons (Fsp3) is 0.0909. The molecule has 2 aromatic heterocycles. The molecule has 0 atom stereocenters. The van der Waals surface area contributed by atoms with Crippen LogP contribution in [0, 0.1) is 11.6 Å². The Hall–Kier alpha value is -4.14. The van der Waals surface area contributed by atoms with Crippen molar-refractivity contribution in [3.63, 3.8) is 0 Å². The molecule has 0 bridgehead atoms. The fourth-order valence-corrected chi connectivity index (χ4v) is 3.22. The molecule has 1 N–H and O–H groups in total. The number of rotatable bonds is 5. The molecular weight excluding hydrogens is 406 g/mol. The monoisotopic (exact) mass is 422 g/mol. The normalized spacial score (nSPS) is 10.9. The number of hydrogen-bond donors (Lipinski definition) is 1. The second-order valence-corrected chi connectivity index (χ2v) is 6.82. The van der Waals surface area contributed by atoms with Gasteiger partial charge in [0.05, 0.1) is 12.1 Å². The number of benzene rings is 2. The molecule has 0 saturated heterocycles. The first-order chi connectivity index (χ1) is 14.9. The third kappa shape index (κ3) is 4.25. The lowest BCUT2D eigenvalue weighted by Crippen LogP contribution is -2.42. The van der Waals surface area contributed by atoms with Gasteiger partial charge in [0, 0.05) is 11.9 Å². The minimum atomic E-state index is -0.718. The van der Waals surface area contributed by atoms with Crippen LogP contribution in [0.25, 0.3) is 11.0 Å². The van der Waals surface area contributed by atoms with Crippen LogP contribution in [0.5, 0.6) is 0 Å². The maximum atomic E-state index is 13.4. The van der Waals surface area contributed by atoms with E-state index in [-0.39, 0.29) is 23.3 Å². The van der Waals surface area contributed by atoms with Crippen LogP contribution in [0.4, 0.5) is 14.5 Å². The topological polar surface area (TPSA) is 86.0 Å². The molecule has 2 heterocycles. The van der Waals surface area contributed by atoms with Gasteiger partial charge in [-0.05, 0) is 48.0 Å². The van der Waals surface area contributed by atoms with Gasteiger partial charge in [-0.2, -0.15) is 0 Å². The van der Waals surface area contributed by atoms with Crippen LogP contribution in [0.3, 0.4) is 0 Å². The van der Waals surface area contributed by atoms with E-state index in [4.69, 9.17) is 0 Å². The van der Waals surface area contributed by atoms with Crippen LogP contribution in [0.2, 0.25) is 0 Å². The standard InChI is InChI=1S/C22H16F2N4O3/c23-15-8-6-14(7-9-15)12-28-21(30)20-18(5-2-10-25-20)27(22(28)31)13-19(29)26-17-4-1-3-16(24)11-17/h1-11H,12-13H2,(H,26,29). The summed E-state index contributed by atoms with van der Waals surface area (Å²) < 4.78 is 28.6. The molecule has 7 nitrogen and oxygen atoms in total. The maximum Gasteiger partial charge on any atom is 0.332 e. The molecule has 31 heavy (non-hydrogen) atoms. The van der Waals surface area contributed by atoms with Gasteiger partial charge >= 0.3 is 5.69 Å². The van der Waals surface area contributed by atoms with E-state index in [0.717, 1.165) is 15.2 Å². The number of hydrogen-bond acceptors (Lipinski definition) is 4. The van der Waals surface area contributed by atoms with E-state index in [1.54, 1.807) is 6.07 Å². The van der Waals surface area contributed by atoms with E-state index in [9.17, 15) is 23.2 Å². The average molecular weight is 422 g/mol. The minimum Gasteiger partial charge on any atom is -0.324 e. The highest BCUT2D eigenvalue weighted by Gasteiger charge is 2.16. The molecule has 0 spiro atoms. The van der Waals surface area contributed by atoms with E-state index in [1.807, 2.05) is 0 Å². The number of nitrogens with zero attached hydrogens (tertiary/aromatic N) is 3. The zero-order chi connectivity index (χ0) is 22.0. The molecule has 0 radical (unpaired) electrons. The first kappa shape index (κ1) is 20.1. The molecule has 0 fully saturated rings. The predicted octanol–water partition coefficient (Wildman–Crippen LogP) is 2.52. The summed E-state index contributed by atoms with van der Waals surface area (Å²) in [4.78, 5) is 42.6. The van der Waals surface area contributed by atoms with Crippen molar-refractivity contribution in [3.8, 4) is 0 Å². The Morgan fingerprint density at radius 3 is 2.45 bits per heavy atom. The third-order valence-electron chi connectivity index (χ3n) is 4.65. The molecule has 9 heteroatoms. The van der Waals surface area contributed by atoms with Gasteiger partial charge in [0.25, 0.3) is 5.56 Å². The number of fused-ring (bicyclic) bond motifs is 1. The summed E-state index contributed by atoms with van der Waals surface area (Å²) in [6.45, 7) is -0.531. The molecule has 0 unspecified atom stereocenters. The Morgan fingerprint density at radius 2 is 1.71 bits per heavy atom. The van der Waals surface area contributed by atoms with Crippen molar-refractivity contribution in [3.05, 3.63) is 105 Å². The fourth-order valence-electron chi connectivity index (χ4n) is 3.22. The number of pyridine rings is 1. The average Bonchev–Trinajstić information content (AvgIpc) is 2.75. The zero-order valence-electron chi connectivity index (χ0n) is 16.1. The molecule has 1 amide bonds. The SMILES string of the molecule is O=C(Cn1c(=O)n(Cc2ccc(F)cc2)c(=O)c2ncccc21)Nc1cccc(F)c1. The highest BCUT2D eigenvalue weighted by Crippen LogP contribution is 2.10. The number of halogens is 2. The number of amides is 1. The second kappa shape index (κ2) is 8.31. The van der Waals surface area contributed by atoms with Gasteiger partial charge in [-0.25, -0.2) is 18.6 Å². The number of nitrogens with one attached hydrogen (secondary N) is 1. The van der Waals surface area contributed by atoms with Crippen LogP contribution in [0.15, 0.2) is 76.4 Å². The number of carbonyl (C=O) groups is 1. The van der Waals surface area contributed by atoms with Gasteiger partial charge in [0.1, 0.15) is 18.2 Å². The first-order valence-corrected chi connectivity index (χ1v) is 9.30. The Kier molecular flexibility index (Phi) is 5.40. The Balaban J connectivity index is 1.75. The van der Waals surface area contributed by atoms with Gasteiger partial charge < -0.3 is 5.32 Å². The Bertz CT molecular complexity index is 1390. The van der Waals surface area contributed by atoms with Gasteiger partial charge in [0.2, 0.25) is 5.91 Å². The molecule has 156 valence electrons. The lowest BCUT2D eigenvalue weighted by molar-refractivity contribution is -0.116. The van der Waals surface area contributed by atoms with Crippen molar-refractivity contribution in [2.24, 2.45) is 0 Å². The van der Waals surface area contributed by atoms with Crippen LogP contribution >= 0.6 is 0 Å². The Morgan fingerprint density at radius 1 is 0.935 bits per heavy atom. The van der Waals surface area contributed by atoms with Crippen LogP contribution < -0.4 is 16.6 Å². The predicted molar refractivity (Wildman–Crippen MR) is 111 cm³/mol. The smallest absolute Gasteiger partial charge is 0.324 e. The summed E-state index contributed by atoms with van der Waals surface area (Å²) in [6.07, 6.45) is 1.41. The molecular formula is C22H16F2N4O3. The highest BCUT2D eigenvalue weighted by molar-refractivity contribution is 5.91. The van der Waals surface area contributed by atoms with E-state index in [1.165, 1.54) is 54.7 Å². The lowest BCUT2D eigenvalue weighted by Gasteiger charge is -2.14. The Labute approximate surface area is 174 Å². The van der Waals surface area contributed by atoms with Gasteiger partial charge in [-0.15, -0.1) is 0 Å². The molecule has 4 aromatic rings. The van der Waals surface area contributed by atoms with E-state index >= 15 is 0 Å². The molecule has 0 aliphatic heterocycles. The van der Waals surface area contributed by atoms with Gasteiger partial charge in [0.15, 0.2) is 5.52 Å². The summed E-state index contributed by atoms with van der Waals surface area (Å²) in [5.41, 5.74) is -0.354. The van der Waals surface area contributed by atoms with Crippen molar-refractivity contribution >= 4 is 22.6 Å². The van der Waals surface area contributed by atoms with Gasteiger partial charge in [-0.3, -0.25) is 18.7 Å². The summed E-state index contributed by atoms with van der Waals surface area (Å²) >= 11 is 0. The molecule has 0 saturated carbocycles. The number of carbonyl (C=O) groups excluding carboxylic acids is 1. The summed E-state index contributed by atoms with van der Waals surface area (Å²) in [5, 5.41) is 2.53. The first-order valence-electron chi connectivity index (χ1n) is 9.30. The molecule has 0 aliphatic rings. The van der Waals surface area contributed by atoms with Crippen LogP contribution in [-0.2, 0) is 17.9 Å². The van der Waals surface area contributed by atoms with Crippen LogP contribution in [0.1, 0.15) is 5.56 Å². The van der Waals surface area contributed by atoms with Gasteiger partial charge in [-0.1, -0.05) is 18.2 Å². The van der Waals surface area contributed by atoms with Crippen molar-refractivity contribution in [1.29, 1.82) is 0 Å². The van der Waals surface area contributed by atoms with Crippen molar-refractivity contribution < 1.29 is 13.6 Å². The quantitative estimate of drug-likeness (QED) is 0.536. The van der Waals surface area contributed by atoms with Crippen molar-refractivity contribution in [2.45, 2.75) is 13.1 Å². The summed E-state index contributed by atoms with van der Waals surface area (Å²) in [6, 6.07) is 13.8. The van der Waals surface area contributed by atoms with E-state index in [0.29, 0.717) is 5.56 Å². The second-order valence-electron chi connectivity index (χ2n) is 6.82. The van der Waals surface area contributed by atoms with Crippen LogP contribution in [-0.4, -0.2) is 20.0 Å². The maximum absolute atomic E-state index is 13.4. The summed E-state index contributed by atoms with van der Waals surface area (Å²) in [5.74, 6) is -1.54. The van der Waals surface area contributed by atoms with Crippen molar-refractivity contribution in [2.75, 3.05) is 5.32 Å². The number of anilines is 1. The molecule has 0 aliphatic carbocycles. The largest absolute Gasteiger partial charge is 0.332 e. The molecule has 4 rings (SSSR count). The zero-order valence-corrected chi connectivity index (χ0v) is 16.1. The highest BCUT2D eigenvalue weighted by atomic mass is 19.1. The minimum absolute atomic E-state index is 0.0165. The van der Waals surface area contributed by atoms with Crippen molar-refractivity contribution in [1.82, 2.24) is 14.1 Å². The number of aromatic nitrogens is 3. The lowest BCUT2D eigenvalue weighted by atomic mass is 10.2. The summed E-state index contributed by atoms with van der Waals surface area (Å²) in [7, 11) is 0. The third-order valence-corrected chi connectivity index (χ3v) is 4.65. The molecule has 2 aromatic carbocycles. The van der Waals surface area contributed by atoms with E-state index < -0.39 is 35.3 Å².